The summed E-state index contributed by atoms with van der Waals surface area (Å²) in [6, 6.07) is 10.3. The second-order valence-electron chi connectivity index (χ2n) is 7.60. The molecule has 2 fully saturated rings. The molecule has 0 aliphatic carbocycles. The van der Waals surface area contributed by atoms with Gasteiger partial charge in [0.2, 0.25) is 0 Å². The maximum atomic E-state index is 10.3. The van der Waals surface area contributed by atoms with Crippen molar-refractivity contribution in [1.29, 1.82) is 5.26 Å². The van der Waals surface area contributed by atoms with E-state index in [1.165, 1.54) is 0 Å². The van der Waals surface area contributed by atoms with Crippen LogP contribution in [0.25, 0.3) is 0 Å². The summed E-state index contributed by atoms with van der Waals surface area (Å²) in [5, 5.41) is 79.1. The van der Waals surface area contributed by atoms with Gasteiger partial charge in [-0.15, -0.1) is 0 Å². The van der Waals surface area contributed by atoms with E-state index < -0.39 is 80.7 Å². The van der Waals surface area contributed by atoms with Crippen LogP contribution in [0.4, 0.5) is 0 Å². The molecule has 0 spiro atoms. The third kappa shape index (κ3) is 5.25. The molecule has 2 aliphatic rings. The van der Waals surface area contributed by atoms with E-state index in [0.29, 0.717) is 5.56 Å². The molecule has 0 aromatic heterocycles. The number of nitrogens with zero attached hydrogens (tertiary/aromatic N) is 1. The van der Waals surface area contributed by atoms with E-state index in [2.05, 4.69) is 0 Å². The standard InChI is InChI=1S/C20H27NO11/c21-6-10(9-4-2-1-3-5-9)30-20-18(28)16(26)14(24)12(32-20)8-29-19-17(27)15(25)13(23)11(7-22)31-19/h1-5,10-20,22-28H,7-8H2/t10-,11-,12+,13+,14+,15-,16-,17+,18+,19-,20+/m1/s1. The topological polar surface area (TPSA) is 202 Å². The minimum atomic E-state index is -1.70. The molecule has 3 rings (SSSR count). The van der Waals surface area contributed by atoms with Gasteiger partial charge >= 0.3 is 0 Å². The van der Waals surface area contributed by atoms with Gasteiger partial charge in [-0.05, 0) is 5.56 Å². The van der Waals surface area contributed by atoms with Gasteiger partial charge in [0.05, 0.1) is 19.3 Å². The summed E-state index contributed by atoms with van der Waals surface area (Å²) in [7, 11) is 0. The summed E-state index contributed by atoms with van der Waals surface area (Å²) in [5.41, 5.74) is 0.487. The zero-order valence-corrected chi connectivity index (χ0v) is 16.9. The predicted octanol–water partition coefficient (Wildman–Crippen LogP) is -3.11. The SMILES string of the molecule is N#C[C@@H](O[C@H]1O[C@@H](CO[C@@H]2O[C@H](CO)[C@H](O)[C@@H](O)[C@@H]2O)[C@H](O)[C@@H](O)[C@@H]1O)c1ccccc1. The fourth-order valence-corrected chi connectivity index (χ4v) is 3.51. The Morgan fingerprint density at radius 3 is 1.97 bits per heavy atom. The van der Waals surface area contributed by atoms with Gasteiger partial charge in [-0.1, -0.05) is 30.3 Å². The van der Waals surface area contributed by atoms with Crippen LogP contribution in [0.3, 0.4) is 0 Å². The number of hydrogen-bond acceptors (Lipinski definition) is 12. The normalized spacial score (nSPS) is 41.1. The molecule has 1 aromatic rings. The van der Waals surface area contributed by atoms with Crippen molar-refractivity contribution < 1.29 is 54.7 Å². The van der Waals surface area contributed by atoms with Crippen molar-refractivity contribution in [3.8, 4) is 6.07 Å². The molecular formula is C20H27NO11. The molecule has 0 unspecified atom stereocenters. The van der Waals surface area contributed by atoms with Crippen molar-refractivity contribution in [2.24, 2.45) is 0 Å². The number of nitriles is 1. The third-order valence-electron chi connectivity index (χ3n) is 5.43. The van der Waals surface area contributed by atoms with Crippen LogP contribution in [0.15, 0.2) is 30.3 Å². The lowest BCUT2D eigenvalue weighted by atomic mass is 9.98. The molecule has 1 aromatic carbocycles. The lowest BCUT2D eigenvalue weighted by molar-refractivity contribution is -0.334. The number of benzene rings is 1. The Hall–Kier alpha value is -1.73. The van der Waals surface area contributed by atoms with E-state index in [1.54, 1.807) is 30.3 Å². The van der Waals surface area contributed by atoms with Gasteiger partial charge < -0.3 is 54.7 Å². The van der Waals surface area contributed by atoms with Gasteiger partial charge in [0.15, 0.2) is 18.7 Å². The van der Waals surface area contributed by atoms with Gasteiger partial charge in [0.25, 0.3) is 0 Å². The first-order valence-electron chi connectivity index (χ1n) is 10.00. The van der Waals surface area contributed by atoms with Gasteiger partial charge in [-0.25, -0.2) is 0 Å². The maximum absolute atomic E-state index is 10.3. The Morgan fingerprint density at radius 2 is 1.38 bits per heavy atom. The van der Waals surface area contributed by atoms with E-state index in [9.17, 15) is 41.0 Å². The van der Waals surface area contributed by atoms with E-state index in [1.807, 2.05) is 6.07 Å². The molecule has 2 aliphatic heterocycles. The minimum Gasteiger partial charge on any atom is -0.394 e. The highest BCUT2D eigenvalue weighted by Crippen LogP contribution is 2.28. The van der Waals surface area contributed by atoms with E-state index >= 15 is 0 Å². The van der Waals surface area contributed by atoms with Crippen molar-refractivity contribution in [3.05, 3.63) is 35.9 Å². The molecule has 11 atom stereocenters. The molecule has 32 heavy (non-hydrogen) atoms. The van der Waals surface area contributed by atoms with E-state index in [4.69, 9.17) is 18.9 Å². The molecule has 0 radical (unpaired) electrons. The summed E-state index contributed by atoms with van der Waals surface area (Å²) in [4.78, 5) is 0. The first kappa shape index (κ1) is 24.9. The second-order valence-corrected chi connectivity index (χ2v) is 7.60. The van der Waals surface area contributed by atoms with Gasteiger partial charge in [-0.3, -0.25) is 0 Å². The summed E-state index contributed by atoms with van der Waals surface area (Å²) >= 11 is 0. The predicted molar refractivity (Wildman–Crippen MR) is 102 cm³/mol. The molecule has 2 saturated heterocycles. The molecule has 7 N–H and O–H groups in total. The van der Waals surface area contributed by atoms with Crippen molar-refractivity contribution >= 4 is 0 Å². The summed E-state index contributed by atoms with van der Waals surface area (Å²) < 4.78 is 21.6. The van der Waals surface area contributed by atoms with Crippen LogP contribution in [0.1, 0.15) is 11.7 Å². The Morgan fingerprint density at radius 1 is 0.812 bits per heavy atom. The second kappa shape index (κ2) is 10.9. The first-order valence-corrected chi connectivity index (χ1v) is 10.00. The average Bonchev–Trinajstić information content (AvgIpc) is 2.81. The highest BCUT2D eigenvalue weighted by atomic mass is 16.7. The van der Waals surface area contributed by atoms with Crippen LogP contribution in [-0.2, 0) is 18.9 Å². The number of ether oxygens (including phenoxy) is 4. The van der Waals surface area contributed by atoms with Crippen molar-refractivity contribution in [2.75, 3.05) is 13.2 Å². The number of aliphatic hydroxyl groups excluding tert-OH is 7. The molecule has 0 bridgehead atoms. The molecule has 178 valence electrons. The largest absolute Gasteiger partial charge is 0.394 e. The number of aliphatic hydroxyl groups is 7. The molecule has 0 amide bonds. The highest BCUT2D eigenvalue weighted by Gasteiger charge is 2.48. The van der Waals surface area contributed by atoms with Gasteiger partial charge in [-0.2, -0.15) is 5.26 Å². The van der Waals surface area contributed by atoms with Crippen LogP contribution < -0.4 is 0 Å². The zero-order chi connectivity index (χ0) is 23.4. The van der Waals surface area contributed by atoms with Crippen LogP contribution in [0.5, 0.6) is 0 Å². The summed E-state index contributed by atoms with van der Waals surface area (Å²) in [6.45, 7) is -1.14. The lowest BCUT2D eigenvalue weighted by Crippen LogP contribution is -2.61. The van der Waals surface area contributed by atoms with Crippen LogP contribution >= 0.6 is 0 Å². The Bertz CT molecular complexity index is 760. The quantitative estimate of drug-likeness (QED) is 0.218. The third-order valence-corrected chi connectivity index (χ3v) is 5.43. The van der Waals surface area contributed by atoms with E-state index in [0.717, 1.165) is 0 Å². The summed E-state index contributed by atoms with van der Waals surface area (Å²) in [6.07, 6.45) is -16.5. The monoisotopic (exact) mass is 457 g/mol. The number of hydrogen-bond donors (Lipinski definition) is 7. The smallest absolute Gasteiger partial charge is 0.188 e. The Balaban J connectivity index is 1.65. The lowest BCUT2D eigenvalue weighted by Gasteiger charge is -2.43. The fourth-order valence-electron chi connectivity index (χ4n) is 3.51. The number of rotatable bonds is 7. The van der Waals surface area contributed by atoms with Crippen molar-refractivity contribution in [1.82, 2.24) is 0 Å². The molecule has 2 heterocycles. The fraction of sp³-hybridized carbons (Fsp3) is 0.650. The van der Waals surface area contributed by atoms with Gasteiger partial charge in [0, 0.05) is 0 Å². The maximum Gasteiger partial charge on any atom is 0.188 e. The van der Waals surface area contributed by atoms with Crippen molar-refractivity contribution in [2.45, 2.75) is 67.5 Å². The first-order chi connectivity index (χ1) is 15.3. The van der Waals surface area contributed by atoms with E-state index in [-0.39, 0.29) is 0 Å². The molecule has 12 nitrogen and oxygen atoms in total. The average molecular weight is 457 g/mol. The molecule has 0 saturated carbocycles. The van der Waals surface area contributed by atoms with Crippen molar-refractivity contribution in [3.63, 3.8) is 0 Å². The van der Waals surface area contributed by atoms with Crippen LogP contribution in [0, 0.1) is 11.3 Å². The van der Waals surface area contributed by atoms with Gasteiger partial charge in [0.1, 0.15) is 48.8 Å². The molecule has 12 heteroatoms. The Kier molecular flexibility index (Phi) is 8.50. The Labute approximate surface area is 183 Å². The minimum absolute atomic E-state index is 0.487. The van der Waals surface area contributed by atoms with Crippen LogP contribution in [-0.4, -0.2) is 110 Å². The van der Waals surface area contributed by atoms with Crippen LogP contribution in [0.2, 0.25) is 0 Å². The molecular weight excluding hydrogens is 430 g/mol. The zero-order valence-electron chi connectivity index (χ0n) is 16.9. The highest BCUT2D eigenvalue weighted by molar-refractivity contribution is 5.22. The summed E-state index contributed by atoms with van der Waals surface area (Å²) in [5.74, 6) is 0.